The number of benzene rings is 1. The van der Waals surface area contributed by atoms with E-state index in [1.54, 1.807) is 0 Å². The van der Waals surface area contributed by atoms with E-state index in [1.807, 2.05) is 11.9 Å². The zero-order chi connectivity index (χ0) is 22.9. The Balaban J connectivity index is 2.11. The molecule has 0 aliphatic rings. The largest absolute Gasteiger partial charge is 0.507 e. The van der Waals surface area contributed by atoms with E-state index in [1.165, 1.54) is 5.56 Å². The summed E-state index contributed by atoms with van der Waals surface area (Å²) >= 11 is 0. The van der Waals surface area contributed by atoms with Crippen LogP contribution in [0.2, 0.25) is 0 Å². The third kappa shape index (κ3) is 5.50. The van der Waals surface area contributed by atoms with Gasteiger partial charge in [0.05, 0.1) is 6.54 Å². The number of nitrogens with zero attached hydrogens (tertiary/aromatic N) is 3. The van der Waals surface area contributed by atoms with Crippen LogP contribution >= 0.6 is 0 Å². The first-order valence-electron chi connectivity index (χ1n) is 10.2. The second kappa shape index (κ2) is 8.63. The Labute approximate surface area is 178 Å². The molecule has 30 heavy (non-hydrogen) atoms. The molecule has 1 aromatic carbocycles. The molecule has 1 heterocycles. The molecule has 1 amide bonds. The van der Waals surface area contributed by atoms with Crippen LogP contribution in [-0.4, -0.2) is 34.7 Å². The maximum Gasteiger partial charge on any atom is 0.297 e. The normalized spacial score (nSPS) is 12.5. The number of phenols is 1. The third-order valence-electron chi connectivity index (χ3n) is 5.13. The minimum Gasteiger partial charge on any atom is -0.507 e. The molecule has 2 aromatic rings. The summed E-state index contributed by atoms with van der Waals surface area (Å²) in [5, 5.41) is 25.9. The summed E-state index contributed by atoms with van der Waals surface area (Å²) in [6.45, 7) is 13.6. The lowest BCUT2D eigenvalue weighted by molar-refractivity contribution is -0.803. The smallest absolute Gasteiger partial charge is 0.297 e. The zero-order valence-electron chi connectivity index (χ0n) is 19.1. The molecule has 0 radical (unpaired) electrons. The fourth-order valence-corrected chi connectivity index (χ4v) is 3.48. The lowest BCUT2D eigenvalue weighted by atomic mass is 9.78. The molecule has 0 fully saturated rings. The first-order valence-corrected chi connectivity index (χ1v) is 10.2. The van der Waals surface area contributed by atoms with Crippen LogP contribution in [0.3, 0.4) is 0 Å². The highest BCUT2D eigenvalue weighted by Crippen LogP contribution is 2.39. The Hall–Kier alpha value is -2.61. The van der Waals surface area contributed by atoms with E-state index in [0.29, 0.717) is 5.75 Å². The van der Waals surface area contributed by atoms with Gasteiger partial charge < -0.3 is 16.0 Å². The maximum atomic E-state index is 11.5. The Morgan fingerprint density at radius 2 is 1.73 bits per heavy atom. The first kappa shape index (κ1) is 23.7. The summed E-state index contributed by atoms with van der Waals surface area (Å²) < 4.78 is 4.49. The highest BCUT2D eigenvalue weighted by atomic mass is 16.8. The number of aromatic hydroxyl groups is 1. The van der Waals surface area contributed by atoms with Crippen molar-refractivity contribution in [2.45, 2.75) is 71.8 Å². The van der Waals surface area contributed by atoms with Gasteiger partial charge in [-0.2, -0.15) is 0 Å². The van der Waals surface area contributed by atoms with Gasteiger partial charge in [-0.15, -0.1) is 0 Å². The molecule has 0 aliphatic carbocycles. The van der Waals surface area contributed by atoms with Gasteiger partial charge in [0.2, 0.25) is 5.69 Å². The minimum absolute atomic E-state index is 0.0456. The number of amides is 1. The van der Waals surface area contributed by atoms with Crippen molar-refractivity contribution in [2.75, 3.05) is 13.6 Å². The van der Waals surface area contributed by atoms with Crippen molar-refractivity contribution in [1.82, 2.24) is 10.1 Å². The summed E-state index contributed by atoms with van der Waals surface area (Å²) in [6, 6.07) is 4.18. The molecule has 0 atom stereocenters. The van der Waals surface area contributed by atoms with Gasteiger partial charge in [-0.05, 0) is 58.9 Å². The molecule has 0 unspecified atom stereocenters. The van der Waals surface area contributed by atoms with Crippen LogP contribution in [-0.2, 0) is 23.8 Å². The molecule has 2 rings (SSSR count). The SMILES string of the molecule is CN(CCCc1cc(C(C)(C)C)c(O)c(C(C)(C)C)c1)Cc1no[n+]([O-])c1C(N)=O. The summed E-state index contributed by atoms with van der Waals surface area (Å²) in [5.74, 6) is -0.477. The standard InChI is InChI=1S/C22H34N4O4/c1-21(2,3)15-11-14(12-16(19(15)27)22(4,5)6)9-8-10-25(7)13-17-18(20(23)28)26(29)30-24-17/h11-12,27H,8-10,13H2,1-7H3,(H2,23,28). The topological polar surface area (TPSA) is 120 Å². The van der Waals surface area contributed by atoms with E-state index >= 15 is 0 Å². The second-order valence-corrected chi connectivity index (χ2v) is 9.97. The number of primary amides is 1. The summed E-state index contributed by atoms with van der Waals surface area (Å²) in [4.78, 5) is 13.4. The monoisotopic (exact) mass is 418 g/mol. The van der Waals surface area contributed by atoms with Gasteiger partial charge in [-0.3, -0.25) is 14.3 Å². The van der Waals surface area contributed by atoms with Crippen molar-refractivity contribution >= 4 is 5.91 Å². The molecule has 0 spiro atoms. The lowest BCUT2D eigenvalue weighted by Crippen LogP contribution is -2.35. The Morgan fingerprint density at radius 1 is 1.20 bits per heavy atom. The van der Waals surface area contributed by atoms with Crippen LogP contribution in [0.1, 0.15) is 80.8 Å². The number of hydrogen-bond acceptors (Lipinski definition) is 6. The van der Waals surface area contributed by atoms with Crippen LogP contribution in [0.4, 0.5) is 0 Å². The summed E-state index contributed by atoms with van der Waals surface area (Å²) in [6.07, 6.45) is 1.69. The van der Waals surface area contributed by atoms with Crippen molar-refractivity contribution in [3.05, 3.63) is 45.4 Å². The number of carbonyl (C=O) groups excluding carboxylic acids is 1. The quantitative estimate of drug-likeness (QED) is 0.667. The molecule has 0 saturated heterocycles. The van der Waals surface area contributed by atoms with Crippen LogP contribution < -0.4 is 10.6 Å². The van der Waals surface area contributed by atoms with Crippen LogP contribution in [0.25, 0.3) is 0 Å². The van der Waals surface area contributed by atoms with Crippen molar-refractivity contribution in [3.8, 4) is 5.75 Å². The number of aryl methyl sites for hydroxylation is 1. The highest BCUT2D eigenvalue weighted by Gasteiger charge is 2.27. The van der Waals surface area contributed by atoms with Gasteiger partial charge in [0.15, 0.2) is 0 Å². The van der Waals surface area contributed by atoms with E-state index in [9.17, 15) is 15.1 Å². The van der Waals surface area contributed by atoms with Gasteiger partial charge in [0, 0.05) is 5.16 Å². The predicted octanol–water partition coefficient (Wildman–Crippen LogP) is 2.77. The van der Waals surface area contributed by atoms with E-state index in [4.69, 9.17) is 5.73 Å². The van der Waals surface area contributed by atoms with Crippen molar-refractivity contribution in [1.29, 1.82) is 0 Å². The fourth-order valence-electron chi connectivity index (χ4n) is 3.48. The van der Waals surface area contributed by atoms with Crippen LogP contribution in [0.5, 0.6) is 5.75 Å². The Bertz CT molecular complexity index is 872. The van der Waals surface area contributed by atoms with Gasteiger partial charge >= 0.3 is 0 Å². The molecule has 8 nitrogen and oxygen atoms in total. The molecular formula is C22H34N4O4. The van der Waals surface area contributed by atoms with Crippen molar-refractivity contribution in [2.24, 2.45) is 5.73 Å². The molecular weight excluding hydrogens is 384 g/mol. The highest BCUT2D eigenvalue weighted by molar-refractivity contribution is 5.90. The van der Waals surface area contributed by atoms with Gasteiger partial charge in [-0.1, -0.05) is 53.7 Å². The number of phenolic OH excluding ortho intramolecular Hbond substituents is 1. The zero-order valence-corrected chi connectivity index (χ0v) is 19.1. The molecule has 8 heteroatoms. The average Bonchev–Trinajstić information content (AvgIpc) is 2.94. The Kier molecular flexibility index (Phi) is 6.81. The number of rotatable bonds is 7. The number of carbonyl (C=O) groups is 1. The van der Waals surface area contributed by atoms with Crippen molar-refractivity contribution in [3.63, 3.8) is 0 Å². The van der Waals surface area contributed by atoms with E-state index < -0.39 is 5.91 Å². The molecule has 0 saturated carbocycles. The average molecular weight is 419 g/mol. The van der Waals surface area contributed by atoms with Crippen molar-refractivity contribution < 1.29 is 19.4 Å². The van der Waals surface area contributed by atoms with Gasteiger partial charge in [0.1, 0.15) is 5.75 Å². The molecule has 0 bridgehead atoms. The fraction of sp³-hybridized carbons (Fsp3) is 0.591. The van der Waals surface area contributed by atoms with E-state index in [0.717, 1.165) is 30.5 Å². The lowest BCUT2D eigenvalue weighted by Gasteiger charge is -2.28. The second-order valence-electron chi connectivity index (χ2n) is 9.97. The maximum absolute atomic E-state index is 11.5. The third-order valence-corrected chi connectivity index (χ3v) is 5.13. The number of aromatic nitrogens is 2. The van der Waals surface area contributed by atoms with Crippen LogP contribution in [0.15, 0.2) is 16.8 Å². The van der Waals surface area contributed by atoms with E-state index in [2.05, 4.69) is 63.5 Å². The van der Waals surface area contributed by atoms with Gasteiger partial charge in [-0.25, -0.2) is 0 Å². The molecule has 0 aliphatic heterocycles. The summed E-state index contributed by atoms with van der Waals surface area (Å²) in [7, 11) is 1.88. The minimum atomic E-state index is -0.858. The van der Waals surface area contributed by atoms with Gasteiger partial charge in [0.25, 0.3) is 11.6 Å². The molecule has 3 N–H and O–H groups in total. The predicted molar refractivity (Wildman–Crippen MR) is 114 cm³/mol. The molecule has 1 aromatic heterocycles. The van der Waals surface area contributed by atoms with E-state index in [-0.39, 0.29) is 33.7 Å². The molecule has 166 valence electrons. The Morgan fingerprint density at radius 3 is 2.20 bits per heavy atom. The first-order chi connectivity index (χ1) is 13.7. The summed E-state index contributed by atoms with van der Waals surface area (Å²) in [5.41, 5.74) is 7.94. The number of nitrogens with two attached hydrogens (primary N) is 1. The van der Waals surface area contributed by atoms with Crippen LogP contribution in [0, 0.1) is 5.21 Å². The number of hydrogen-bond donors (Lipinski definition) is 2.